The van der Waals surface area contributed by atoms with Gasteiger partial charge in [-0.1, -0.05) is 30.3 Å². The van der Waals surface area contributed by atoms with Crippen LogP contribution in [-0.4, -0.2) is 25.5 Å². The highest BCUT2D eigenvalue weighted by atomic mass is 16.5. The van der Waals surface area contributed by atoms with E-state index in [0.717, 1.165) is 6.42 Å². The van der Waals surface area contributed by atoms with E-state index in [1.807, 2.05) is 30.3 Å². The molecule has 0 spiro atoms. The minimum absolute atomic E-state index is 0.203. The lowest BCUT2D eigenvalue weighted by Gasteiger charge is -2.12. The van der Waals surface area contributed by atoms with Gasteiger partial charge in [-0.05, 0) is 24.8 Å². The summed E-state index contributed by atoms with van der Waals surface area (Å²) in [6.07, 6.45) is 1.96. The minimum atomic E-state index is -0.897. The van der Waals surface area contributed by atoms with Crippen molar-refractivity contribution in [2.75, 3.05) is 13.7 Å². The zero-order valence-corrected chi connectivity index (χ0v) is 10.4. The van der Waals surface area contributed by atoms with E-state index >= 15 is 0 Å². The molecule has 0 saturated heterocycles. The first-order chi connectivity index (χ1) is 8.69. The van der Waals surface area contributed by atoms with Crippen LogP contribution in [0.2, 0.25) is 0 Å². The first-order valence-corrected chi connectivity index (χ1v) is 6.10. The maximum absolute atomic E-state index is 11.9. The van der Waals surface area contributed by atoms with Crippen molar-refractivity contribution in [1.29, 1.82) is 0 Å². The van der Waals surface area contributed by atoms with Crippen LogP contribution in [0.5, 0.6) is 0 Å². The SMILES string of the molecule is COC(=O)C1(C(=O)NCCc2ccccc2)CC1. The summed E-state index contributed by atoms with van der Waals surface area (Å²) in [7, 11) is 1.32. The highest BCUT2D eigenvalue weighted by Gasteiger charge is 2.57. The fourth-order valence-corrected chi connectivity index (χ4v) is 1.98. The monoisotopic (exact) mass is 247 g/mol. The van der Waals surface area contributed by atoms with Gasteiger partial charge in [0.1, 0.15) is 5.41 Å². The van der Waals surface area contributed by atoms with Gasteiger partial charge in [0.05, 0.1) is 7.11 Å². The number of ether oxygens (including phenoxy) is 1. The molecule has 1 N–H and O–H groups in total. The highest BCUT2D eigenvalue weighted by Crippen LogP contribution is 2.46. The number of benzene rings is 1. The molecule has 4 heteroatoms. The number of amides is 1. The second-order valence-electron chi connectivity index (χ2n) is 4.57. The molecule has 4 nitrogen and oxygen atoms in total. The van der Waals surface area contributed by atoms with Crippen LogP contribution in [0.3, 0.4) is 0 Å². The van der Waals surface area contributed by atoms with Gasteiger partial charge in [0.15, 0.2) is 0 Å². The molecular formula is C14H17NO3. The maximum Gasteiger partial charge on any atom is 0.321 e. The number of hydrogen-bond acceptors (Lipinski definition) is 3. The van der Waals surface area contributed by atoms with Gasteiger partial charge in [0.25, 0.3) is 0 Å². The van der Waals surface area contributed by atoms with E-state index in [0.29, 0.717) is 19.4 Å². The molecule has 2 rings (SSSR count). The van der Waals surface area contributed by atoms with Gasteiger partial charge in [-0.3, -0.25) is 9.59 Å². The Hall–Kier alpha value is -1.84. The zero-order valence-electron chi connectivity index (χ0n) is 10.4. The van der Waals surface area contributed by atoms with Gasteiger partial charge in [0.2, 0.25) is 5.91 Å². The molecule has 18 heavy (non-hydrogen) atoms. The first-order valence-electron chi connectivity index (χ1n) is 6.10. The summed E-state index contributed by atoms with van der Waals surface area (Å²) in [6.45, 7) is 0.543. The van der Waals surface area contributed by atoms with E-state index in [1.165, 1.54) is 12.7 Å². The molecule has 0 aromatic heterocycles. The molecule has 1 aliphatic rings. The van der Waals surface area contributed by atoms with Crippen LogP contribution in [0.1, 0.15) is 18.4 Å². The molecule has 1 fully saturated rings. The predicted molar refractivity (Wildman–Crippen MR) is 66.8 cm³/mol. The van der Waals surface area contributed by atoms with Crippen molar-refractivity contribution < 1.29 is 14.3 Å². The zero-order chi connectivity index (χ0) is 13.0. The Bertz CT molecular complexity index is 438. The van der Waals surface area contributed by atoms with E-state index in [2.05, 4.69) is 10.1 Å². The Balaban J connectivity index is 1.81. The summed E-state index contributed by atoms with van der Waals surface area (Å²) in [5.74, 6) is -0.620. The maximum atomic E-state index is 11.9. The average Bonchev–Trinajstić information content (AvgIpc) is 3.20. The second kappa shape index (κ2) is 5.21. The molecular weight excluding hydrogens is 230 g/mol. The summed E-state index contributed by atoms with van der Waals surface area (Å²) in [5.41, 5.74) is 0.270. The molecule has 0 unspecified atom stereocenters. The first kappa shape index (κ1) is 12.6. The van der Waals surface area contributed by atoms with E-state index in [9.17, 15) is 9.59 Å². The number of carbonyl (C=O) groups excluding carboxylic acids is 2. The Morgan fingerprint density at radius 2 is 1.94 bits per heavy atom. The van der Waals surface area contributed by atoms with Crippen LogP contribution in [0.25, 0.3) is 0 Å². The van der Waals surface area contributed by atoms with Crippen molar-refractivity contribution in [3.05, 3.63) is 35.9 Å². The molecule has 1 aliphatic carbocycles. The molecule has 0 radical (unpaired) electrons. The molecule has 1 amide bonds. The van der Waals surface area contributed by atoms with E-state index < -0.39 is 11.4 Å². The van der Waals surface area contributed by atoms with Crippen molar-refractivity contribution in [3.8, 4) is 0 Å². The standard InChI is InChI=1S/C14H17NO3/c1-18-13(17)14(8-9-14)12(16)15-10-7-11-5-3-2-4-6-11/h2-6H,7-10H2,1H3,(H,15,16). The Kier molecular flexibility index (Phi) is 3.65. The van der Waals surface area contributed by atoms with Gasteiger partial charge < -0.3 is 10.1 Å². The summed E-state index contributed by atoms with van der Waals surface area (Å²) in [6, 6.07) is 9.92. The minimum Gasteiger partial charge on any atom is -0.468 e. The third-order valence-corrected chi connectivity index (χ3v) is 3.30. The van der Waals surface area contributed by atoms with Crippen LogP contribution in [0.15, 0.2) is 30.3 Å². The van der Waals surface area contributed by atoms with Crippen LogP contribution in [-0.2, 0) is 20.7 Å². The van der Waals surface area contributed by atoms with Crippen LogP contribution < -0.4 is 5.32 Å². The number of methoxy groups -OCH3 is 1. The molecule has 1 aromatic carbocycles. The highest BCUT2D eigenvalue weighted by molar-refractivity contribution is 6.05. The van der Waals surface area contributed by atoms with Gasteiger partial charge in [-0.15, -0.1) is 0 Å². The predicted octanol–water partition coefficient (Wildman–Crippen LogP) is 1.30. The Morgan fingerprint density at radius 1 is 1.28 bits per heavy atom. The van der Waals surface area contributed by atoms with Gasteiger partial charge in [0, 0.05) is 6.54 Å². The molecule has 0 bridgehead atoms. The smallest absolute Gasteiger partial charge is 0.321 e. The fraction of sp³-hybridized carbons (Fsp3) is 0.429. The number of carbonyl (C=O) groups is 2. The van der Waals surface area contributed by atoms with E-state index in [-0.39, 0.29) is 5.91 Å². The number of esters is 1. The number of hydrogen-bond donors (Lipinski definition) is 1. The average molecular weight is 247 g/mol. The number of nitrogens with one attached hydrogen (secondary N) is 1. The van der Waals surface area contributed by atoms with E-state index in [4.69, 9.17) is 0 Å². The summed E-state index contributed by atoms with van der Waals surface area (Å²) in [5, 5.41) is 2.81. The quantitative estimate of drug-likeness (QED) is 0.630. The van der Waals surface area contributed by atoms with Crippen molar-refractivity contribution in [2.45, 2.75) is 19.3 Å². The number of rotatable bonds is 5. The lowest BCUT2D eigenvalue weighted by molar-refractivity contribution is -0.152. The fourth-order valence-electron chi connectivity index (χ4n) is 1.98. The summed E-state index contributed by atoms with van der Waals surface area (Å²) in [4.78, 5) is 23.4. The lowest BCUT2D eigenvalue weighted by atomic mass is 10.1. The third kappa shape index (κ3) is 2.53. The molecule has 0 aliphatic heterocycles. The molecule has 96 valence electrons. The van der Waals surface area contributed by atoms with Crippen molar-refractivity contribution in [2.24, 2.45) is 5.41 Å². The normalized spacial score (nSPS) is 15.8. The van der Waals surface area contributed by atoms with Crippen molar-refractivity contribution in [3.63, 3.8) is 0 Å². The summed E-state index contributed by atoms with van der Waals surface area (Å²) < 4.78 is 4.66. The van der Waals surface area contributed by atoms with Gasteiger partial charge in [-0.25, -0.2) is 0 Å². The van der Waals surface area contributed by atoms with Crippen molar-refractivity contribution in [1.82, 2.24) is 5.32 Å². The van der Waals surface area contributed by atoms with Crippen LogP contribution >= 0.6 is 0 Å². The van der Waals surface area contributed by atoms with E-state index in [1.54, 1.807) is 0 Å². The molecule has 1 aromatic rings. The Morgan fingerprint density at radius 3 is 2.50 bits per heavy atom. The Labute approximate surface area is 106 Å². The molecule has 1 saturated carbocycles. The molecule has 0 atom stereocenters. The van der Waals surface area contributed by atoms with Crippen LogP contribution in [0, 0.1) is 5.41 Å². The second-order valence-corrected chi connectivity index (χ2v) is 4.57. The topological polar surface area (TPSA) is 55.4 Å². The summed E-state index contributed by atoms with van der Waals surface area (Å²) >= 11 is 0. The molecule has 0 heterocycles. The van der Waals surface area contributed by atoms with Crippen LogP contribution in [0.4, 0.5) is 0 Å². The largest absolute Gasteiger partial charge is 0.468 e. The third-order valence-electron chi connectivity index (χ3n) is 3.30. The lowest BCUT2D eigenvalue weighted by Crippen LogP contribution is -2.38. The van der Waals surface area contributed by atoms with Gasteiger partial charge >= 0.3 is 5.97 Å². The van der Waals surface area contributed by atoms with Crippen molar-refractivity contribution >= 4 is 11.9 Å². The van der Waals surface area contributed by atoms with Gasteiger partial charge in [-0.2, -0.15) is 0 Å².